The second kappa shape index (κ2) is 11.0. The van der Waals surface area contributed by atoms with Crippen LogP contribution >= 0.6 is 15.9 Å². The summed E-state index contributed by atoms with van der Waals surface area (Å²) in [7, 11) is -3.74. The molecule has 0 saturated carbocycles. The molecule has 1 atom stereocenters. The number of hydrogen-bond donors (Lipinski definition) is 1. The lowest BCUT2D eigenvalue weighted by atomic mass is 10.1. The number of nitrogens with one attached hydrogen (secondary N) is 1. The number of anilines is 1. The van der Waals surface area contributed by atoms with E-state index in [0.717, 1.165) is 26.2 Å². The van der Waals surface area contributed by atoms with Gasteiger partial charge in [0, 0.05) is 17.1 Å². The monoisotopic (exact) mass is 523 g/mol. The van der Waals surface area contributed by atoms with E-state index in [9.17, 15) is 18.0 Å². The molecule has 9 heteroatoms. The second-order valence-electron chi connectivity index (χ2n) is 8.05. The predicted octanol–water partition coefficient (Wildman–Crippen LogP) is 3.47. The summed E-state index contributed by atoms with van der Waals surface area (Å²) >= 11 is 3.41. The first-order valence-corrected chi connectivity index (χ1v) is 12.9. The van der Waals surface area contributed by atoms with E-state index in [1.165, 1.54) is 4.90 Å². The molecule has 0 aliphatic heterocycles. The van der Waals surface area contributed by atoms with Gasteiger partial charge in [-0.3, -0.25) is 13.9 Å². The quantitative estimate of drug-likeness (QED) is 0.545. The predicted molar refractivity (Wildman–Crippen MR) is 131 cm³/mol. The fourth-order valence-corrected chi connectivity index (χ4v) is 4.25. The summed E-state index contributed by atoms with van der Waals surface area (Å²) in [5.41, 5.74) is 2.07. The number of rotatable bonds is 9. The number of aryl methyl sites for hydroxylation is 1. The highest BCUT2D eigenvalue weighted by molar-refractivity contribution is 9.10. The molecule has 0 saturated heterocycles. The zero-order valence-corrected chi connectivity index (χ0v) is 21.4. The van der Waals surface area contributed by atoms with Crippen molar-refractivity contribution in [3.63, 3.8) is 0 Å². The van der Waals surface area contributed by atoms with Crippen molar-refractivity contribution < 1.29 is 18.0 Å². The topological polar surface area (TPSA) is 86.8 Å². The summed E-state index contributed by atoms with van der Waals surface area (Å²) in [6.45, 7) is 6.95. The Labute approximate surface area is 199 Å². The van der Waals surface area contributed by atoms with E-state index in [1.807, 2.05) is 51.1 Å². The zero-order valence-electron chi connectivity index (χ0n) is 19.0. The summed E-state index contributed by atoms with van der Waals surface area (Å²) in [4.78, 5) is 27.5. The molecule has 32 heavy (non-hydrogen) atoms. The lowest BCUT2D eigenvalue weighted by Gasteiger charge is -2.32. The van der Waals surface area contributed by atoms with E-state index in [0.29, 0.717) is 5.69 Å². The standard InChI is InChI=1S/C23H30BrN3O4S/c1-16(2)25-23(29)18(4)26(14-19-9-7-6-8-10-19)22(28)15-27(32(5,30)31)20-11-12-21(24)17(3)13-20/h6-13,16,18H,14-15H2,1-5H3,(H,25,29)/t18-/m0/s1. The smallest absolute Gasteiger partial charge is 0.244 e. The lowest BCUT2D eigenvalue weighted by molar-refractivity contribution is -0.139. The summed E-state index contributed by atoms with van der Waals surface area (Å²) in [6, 6.07) is 13.5. The Morgan fingerprint density at radius 3 is 2.22 bits per heavy atom. The van der Waals surface area contributed by atoms with Gasteiger partial charge in [0.15, 0.2) is 0 Å². The molecule has 0 heterocycles. The summed E-state index contributed by atoms with van der Waals surface area (Å²) < 4.78 is 27.0. The molecule has 2 aromatic carbocycles. The summed E-state index contributed by atoms with van der Waals surface area (Å²) in [5.74, 6) is -0.763. The Kier molecular flexibility index (Phi) is 8.86. The number of hydrogen-bond acceptors (Lipinski definition) is 4. The summed E-state index contributed by atoms with van der Waals surface area (Å²) in [6.07, 6.45) is 1.06. The van der Waals surface area contributed by atoms with Crippen LogP contribution in [0.2, 0.25) is 0 Å². The number of carbonyl (C=O) groups is 2. The molecule has 2 amide bonds. The van der Waals surface area contributed by atoms with Crippen molar-refractivity contribution in [2.45, 2.75) is 46.3 Å². The third-order valence-corrected chi connectivity index (χ3v) is 6.93. The maximum absolute atomic E-state index is 13.4. The van der Waals surface area contributed by atoms with Gasteiger partial charge in [0.05, 0.1) is 11.9 Å². The van der Waals surface area contributed by atoms with E-state index in [2.05, 4.69) is 21.2 Å². The maximum Gasteiger partial charge on any atom is 0.244 e. The van der Waals surface area contributed by atoms with Crippen LogP contribution in [0, 0.1) is 6.92 Å². The SMILES string of the molecule is Cc1cc(N(CC(=O)N(Cc2ccccc2)[C@@H](C)C(=O)NC(C)C)S(C)(=O)=O)ccc1Br. The first-order chi connectivity index (χ1) is 14.9. The molecule has 0 aliphatic rings. The van der Waals surface area contributed by atoms with Crippen LogP contribution in [0.5, 0.6) is 0 Å². The van der Waals surface area contributed by atoms with Gasteiger partial charge in [-0.25, -0.2) is 8.42 Å². The second-order valence-corrected chi connectivity index (χ2v) is 10.8. The third kappa shape index (κ3) is 7.06. The fraction of sp³-hybridized carbons (Fsp3) is 0.391. The molecule has 0 fully saturated rings. The van der Waals surface area contributed by atoms with Crippen LogP contribution in [-0.2, 0) is 26.2 Å². The average molecular weight is 524 g/mol. The third-order valence-electron chi connectivity index (χ3n) is 4.90. The van der Waals surface area contributed by atoms with Crippen molar-refractivity contribution in [1.82, 2.24) is 10.2 Å². The van der Waals surface area contributed by atoms with E-state index in [1.54, 1.807) is 25.1 Å². The summed E-state index contributed by atoms with van der Waals surface area (Å²) in [5, 5.41) is 2.82. The molecule has 7 nitrogen and oxygen atoms in total. The Morgan fingerprint density at radius 2 is 1.69 bits per heavy atom. The molecule has 0 aliphatic carbocycles. The van der Waals surface area contributed by atoms with Crippen molar-refractivity contribution in [3.8, 4) is 0 Å². The van der Waals surface area contributed by atoms with Crippen molar-refractivity contribution in [2.75, 3.05) is 17.1 Å². The largest absolute Gasteiger partial charge is 0.352 e. The molecule has 0 bridgehead atoms. The Bertz CT molecular complexity index is 1060. The highest BCUT2D eigenvalue weighted by atomic mass is 79.9. The van der Waals surface area contributed by atoms with Crippen LogP contribution in [0.3, 0.4) is 0 Å². The van der Waals surface area contributed by atoms with Crippen molar-refractivity contribution >= 4 is 43.5 Å². The van der Waals surface area contributed by atoms with Crippen molar-refractivity contribution in [3.05, 3.63) is 64.1 Å². The molecule has 2 aromatic rings. The van der Waals surface area contributed by atoms with E-state index >= 15 is 0 Å². The minimum atomic E-state index is -3.74. The van der Waals surface area contributed by atoms with Gasteiger partial charge < -0.3 is 10.2 Å². The van der Waals surface area contributed by atoms with Crippen LogP contribution in [0.15, 0.2) is 53.0 Å². The van der Waals surface area contributed by atoms with Gasteiger partial charge >= 0.3 is 0 Å². The fourth-order valence-electron chi connectivity index (χ4n) is 3.17. The molecular formula is C23H30BrN3O4S. The van der Waals surface area contributed by atoms with Crippen molar-refractivity contribution in [2.24, 2.45) is 0 Å². The molecule has 0 radical (unpaired) electrons. The number of benzene rings is 2. The van der Waals surface area contributed by atoms with Crippen LogP contribution in [0.1, 0.15) is 31.9 Å². The van der Waals surface area contributed by atoms with Gasteiger partial charge in [-0.1, -0.05) is 46.3 Å². The minimum absolute atomic E-state index is 0.0862. The highest BCUT2D eigenvalue weighted by Crippen LogP contribution is 2.25. The number of sulfonamides is 1. The number of nitrogens with zero attached hydrogens (tertiary/aromatic N) is 2. The van der Waals surface area contributed by atoms with Gasteiger partial charge in [0.2, 0.25) is 21.8 Å². The van der Waals surface area contributed by atoms with Gasteiger partial charge in [0.25, 0.3) is 0 Å². The van der Waals surface area contributed by atoms with Gasteiger partial charge in [-0.15, -0.1) is 0 Å². The first kappa shape index (κ1) is 25.9. The Hall–Kier alpha value is -2.39. The molecule has 0 aromatic heterocycles. The molecular weight excluding hydrogens is 494 g/mol. The average Bonchev–Trinajstić information content (AvgIpc) is 2.71. The van der Waals surface area contributed by atoms with E-state index in [-0.39, 0.29) is 18.5 Å². The Morgan fingerprint density at radius 1 is 1.06 bits per heavy atom. The number of carbonyl (C=O) groups excluding carboxylic acids is 2. The number of halogens is 1. The maximum atomic E-state index is 13.4. The highest BCUT2D eigenvalue weighted by Gasteiger charge is 2.30. The van der Waals surface area contributed by atoms with Crippen molar-refractivity contribution in [1.29, 1.82) is 0 Å². The van der Waals surface area contributed by atoms with E-state index in [4.69, 9.17) is 0 Å². The molecule has 2 rings (SSSR count). The zero-order chi connectivity index (χ0) is 24.1. The van der Waals surface area contributed by atoms with Gasteiger partial charge in [-0.05, 0) is 57.0 Å². The number of amides is 2. The first-order valence-electron chi connectivity index (χ1n) is 10.3. The van der Waals surface area contributed by atoms with Crippen LogP contribution < -0.4 is 9.62 Å². The van der Waals surface area contributed by atoms with Gasteiger partial charge in [0.1, 0.15) is 12.6 Å². The normalized spacial score (nSPS) is 12.3. The molecule has 0 unspecified atom stereocenters. The van der Waals surface area contributed by atoms with E-state index < -0.39 is 28.5 Å². The lowest BCUT2D eigenvalue weighted by Crippen LogP contribution is -2.52. The van der Waals surface area contributed by atoms with Crippen LogP contribution in [0.25, 0.3) is 0 Å². The minimum Gasteiger partial charge on any atom is -0.352 e. The molecule has 174 valence electrons. The Balaban J connectivity index is 2.38. The van der Waals surface area contributed by atoms with Crippen LogP contribution in [-0.4, -0.2) is 50.0 Å². The molecule has 0 spiro atoms. The molecule has 1 N–H and O–H groups in total. The van der Waals surface area contributed by atoms with Gasteiger partial charge in [-0.2, -0.15) is 0 Å². The van der Waals surface area contributed by atoms with Crippen LogP contribution in [0.4, 0.5) is 5.69 Å².